The van der Waals surface area contributed by atoms with Gasteiger partial charge in [0.15, 0.2) is 11.6 Å². The maximum Gasteiger partial charge on any atom is 0.407 e. The number of nitrogens with zero attached hydrogens (tertiary/aromatic N) is 1. The molecule has 1 atom stereocenters. The van der Waals surface area contributed by atoms with Gasteiger partial charge < -0.3 is 24.3 Å². The average Bonchev–Trinajstić information content (AvgIpc) is 3.49. The molecule has 2 fully saturated rings. The minimum atomic E-state index is -1.14. The number of nitriles is 1. The van der Waals surface area contributed by atoms with Crippen molar-refractivity contribution in [3.63, 3.8) is 0 Å². The van der Waals surface area contributed by atoms with Crippen LogP contribution in [0.3, 0.4) is 0 Å². The highest BCUT2D eigenvalue weighted by molar-refractivity contribution is 5.95. The Labute approximate surface area is 205 Å². The number of esters is 1. The van der Waals surface area contributed by atoms with Crippen molar-refractivity contribution in [3.05, 3.63) is 22.5 Å². The van der Waals surface area contributed by atoms with E-state index in [0.29, 0.717) is 44.1 Å². The minimum Gasteiger partial charge on any atom is -0.465 e. The average molecular weight is 489 g/mol. The molecule has 190 valence electrons. The summed E-state index contributed by atoms with van der Waals surface area (Å²) in [5.74, 6) is -2.51. The molecule has 1 amide bonds. The van der Waals surface area contributed by atoms with Crippen molar-refractivity contribution in [2.24, 2.45) is 5.92 Å². The molecule has 9 heteroatoms. The van der Waals surface area contributed by atoms with Gasteiger partial charge in [-0.25, -0.2) is 14.0 Å². The van der Waals surface area contributed by atoms with Crippen LogP contribution < -0.4 is 14.8 Å². The predicted octanol–water partition coefficient (Wildman–Crippen LogP) is 5.05. The molecule has 0 bridgehead atoms. The Morgan fingerprint density at radius 3 is 2.26 bits per heavy atom. The topological polar surface area (TPSA) is 107 Å². The summed E-state index contributed by atoms with van der Waals surface area (Å²) in [4.78, 5) is 24.8. The Hall–Kier alpha value is -3.02. The fourth-order valence-electron chi connectivity index (χ4n) is 5.19. The zero-order chi connectivity index (χ0) is 25.8. The second-order valence-corrected chi connectivity index (χ2v) is 10.9. The highest BCUT2D eigenvalue weighted by atomic mass is 19.1. The van der Waals surface area contributed by atoms with Crippen molar-refractivity contribution in [1.82, 2.24) is 5.32 Å². The zero-order valence-electron chi connectivity index (χ0n) is 21.2. The Bertz CT molecular complexity index is 1090. The van der Waals surface area contributed by atoms with Gasteiger partial charge in [-0.1, -0.05) is 0 Å². The third kappa shape index (κ3) is 4.51. The van der Waals surface area contributed by atoms with E-state index < -0.39 is 34.7 Å². The lowest BCUT2D eigenvalue weighted by molar-refractivity contribution is -0.122. The summed E-state index contributed by atoms with van der Waals surface area (Å²) in [5, 5.41) is 12.6. The summed E-state index contributed by atoms with van der Waals surface area (Å²) in [7, 11) is 1.23. The van der Waals surface area contributed by atoms with Crippen molar-refractivity contribution < 1.29 is 32.9 Å². The molecule has 1 aromatic carbocycles. The molecule has 0 spiro atoms. The third-order valence-electron chi connectivity index (χ3n) is 7.22. The van der Waals surface area contributed by atoms with Crippen LogP contribution in [0.5, 0.6) is 11.5 Å². The monoisotopic (exact) mass is 488 g/mol. The van der Waals surface area contributed by atoms with E-state index in [0.717, 1.165) is 0 Å². The Balaban J connectivity index is 1.55. The molecular weight excluding hydrogens is 455 g/mol. The van der Waals surface area contributed by atoms with E-state index in [4.69, 9.17) is 18.9 Å². The number of benzene rings is 1. The van der Waals surface area contributed by atoms with Gasteiger partial charge in [0.25, 0.3) is 5.79 Å². The van der Waals surface area contributed by atoms with Crippen LogP contribution in [-0.4, -0.2) is 36.6 Å². The number of alkyl carbamates (subject to hydrolysis) is 1. The number of rotatable bonds is 4. The molecule has 2 saturated carbocycles. The Kier molecular flexibility index (Phi) is 6.15. The van der Waals surface area contributed by atoms with Gasteiger partial charge in [-0.05, 0) is 66.2 Å². The largest absolute Gasteiger partial charge is 0.465 e. The number of methoxy groups -OCH3 is 1. The van der Waals surface area contributed by atoms with Crippen LogP contribution in [0.2, 0.25) is 0 Å². The maximum absolute atomic E-state index is 15.9. The Morgan fingerprint density at radius 1 is 1.14 bits per heavy atom. The van der Waals surface area contributed by atoms with Crippen LogP contribution >= 0.6 is 0 Å². The molecule has 0 aromatic heterocycles. The number of ether oxygens (including phenoxy) is 4. The van der Waals surface area contributed by atoms with Gasteiger partial charge in [0, 0.05) is 30.0 Å². The summed E-state index contributed by atoms with van der Waals surface area (Å²) in [5.41, 5.74) is -1.13. The lowest BCUT2D eigenvalue weighted by Gasteiger charge is -2.37. The van der Waals surface area contributed by atoms with Crippen molar-refractivity contribution in [2.75, 3.05) is 7.11 Å². The second kappa shape index (κ2) is 8.58. The fourth-order valence-corrected chi connectivity index (χ4v) is 5.19. The molecule has 4 rings (SSSR count). The number of hydrogen-bond donors (Lipinski definition) is 1. The van der Waals surface area contributed by atoms with Crippen LogP contribution in [0.4, 0.5) is 9.18 Å². The smallest absolute Gasteiger partial charge is 0.407 e. The van der Waals surface area contributed by atoms with Gasteiger partial charge in [-0.15, -0.1) is 0 Å². The van der Waals surface area contributed by atoms with Gasteiger partial charge in [-0.3, -0.25) is 0 Å². The standard InChI is InChI=1S/C26H33FN2O6/c1-14-17(22(30)32-6)18(26(13-28)11-12-26)19(27)21-20(14)33-25(5,34-21)15-7-9-16(10-8-15)29-23(31)35-24(2,3)4/h15-16H,7-12H2,1-6H3,(H,29,31). The van der Waals surface area contributed by atoms with E-state index in [1.54, 1.807) is 13.8 Å². The molecule has 0 radical (unpaired) electrons. The molecule has 1 heterocycles. The minimum absolute atomic E-state index is 0.0326. The fraction of sp³-hybridized carbons (Fsp3) is 0.654. The van der Waals surface area contributed by atoms with Gasteiger partial charge in [0.1, 0.15) is 5.60 Å². The number of carbonyl (C=O) groups is 2. The summed E-state index contributed by atoms with van der Waals surface area (Å²) in [6.07, 6.45) is 3.25. The molecule has 35 heavy (non-hydrogen) atoms. The number of carbonyl (C=O) groups excluding carboxylic acids is 2. The summed E-state index contributed by atoms with van der Waals surface area (Å²) < 4.78 is 38.5. The highest BCUT2D eigenvalue weighted by Gasteiger charge is 2.54. The Morgan fingerprint density at radius 2 is 1.74 bits per heavy atom. The molecule has 3 aliphatic rings. The lowest BCUT2D eigenvalue weighted by atomic mass is 9.81. The predicted molar refractivity (Wildman–Crippen MR) is 124 cm³/mol. The molecule has 1 unspecified atom stereocenters. The first-order chi connectivity index (χ1) is 16.3. The third-order valence-corrected chi connectivity index (χ3v) is 7.22. The molecule has 8 nitrogen and oxygen atoms in total. The van der Waals surface area contributed by atoms with Gasteiger partial charge in [-0.2, -0.15) is 5.26 Å². The first-order valence-corrected chi connectivity index (χ1v) is 12.1. The van der Waals surface area contributed by atoms with E-state index in [1.165, 1.54) is 7.11 Å². The van der Waals surface area contributed by atoms with Crippen LogP contribution in [0, 0.1) is 30.0 Å². The summed E-state index contributed by atoms with van der Waals surface area (Å²) in [6, 6.07) is 2.14. The number of amides is 1. The molecular formula is C26H33FN2O6. The summed E-state index contributed by atoms with van der Waals surface area (Å²) >= 11 is 0. The van der Waals surface area contributed by atoms with Gasteiger partial charge >= 0.3 is 12.1 Å². The van der Waals surface area contributed by atoms with Gasteiger partial charge in [0.2, 0.25) is 5.75 Å². The van der Waals surface area contributed by atoms with Crippen LogP contribution in [0.1, 0.15) is 87.7 Å². The maximum atomic E-state index is 15.9. The zero-order valence-corrected chi connectivity index (χ0v) is 21.2. The van der Waals surface area contributed by atoms with E-state index in [9.17, 15) is 14.9 Å². The SMILES string of the molecule is COC(=O)c1c(C)c2c(c(F)c1C1(C#N)CC1)OC(C)(C1CCC(NC(=O)OC(C)(C)C)CC1)O2. The first-order valence-electron chi connectivity index (χ1n) is 12.1. The van der Waals surface area contributed by atoms with E-state index in [2.05, 4.69) is 11.4 Å². The van der Waals surface area contributed by atoms with Crippen molar-refractivity contribution in [1.29, 1.82) is 5.26 Å². The van der Waals surface area contributed by atoms with Crippen molar-refractivity contribution in [2.45, 2.75) is 96.0 Å². The molecule has 1 N–H and O–H groups in total. The van der Waals surface area contributed by atoms with Crippen molar-refractivity contribution in [3.8, 4) is 17.6 Å². The quantitative estimate of drug-likeness (QED) is 0.591. The number of halogens is 1. The number of fused-ring (bicyclic) bond motifs is 1. The molecule has 2 aliphatic carbocycles. The number of hydrogen-bond acceptors (Lipinski definition) is 7. The van der Waals surface area contributed by atoms with Crippen LogP contribution in [0.25, 0.3) is 0 Å². The van der Waals surface area contributed by atoms with E-state index in [-0.39, 0.29) is 34.6 Å². The van der Waals surface area contributed by atoms with Crippen LogP contribution in [-0.2, 0) is 14.9 Å². The van der Waals surface area contributed by atoms with Gasteiger partial charge in [0.05, 0.1) is 24.2 Å². The summed E-state index contributed by atoms with van der Waals surface area (Å²) in [6.45, 7) is 8.88. The molecule has 0 saturated heterocycles. The molecule has 1 aromatic rings. The van der Waals surface area contributed by atoms with E-state index >= 15 is 4.39 Å². The highest BCUT2D eigenvalue weighted by Crippen LogP contribution is 2.57. The molecule has 1 aliphatic heterocycles. The van der Waals surface area contributed by atoms with E-state index in [1.807, 2.05) is 20.8 Å². The second-order valence-electron chi connectivity index (χ2n) is 10.9. The van der Waals surface area contributed by atoms with Crippen LogP contribution in [0.15, 0.2) is 0 Å². The normalized spacial score (nSPS) is 26.5. The lowest BCUT2D eigenvalue weighted by Crippen LogP contribution is -2.48. The first kappa shape index (κ1) is 25.1. The number of nitrogens with one attached hydrogen (secondary N) is 1. The van der Waals surface area contributed by atoms with Crippen molar-refractivity contribution >= 4 is 12.1 Å².